The number of benzene rings is 1. The molecule has 0 aliphatic carbocycles. The van der Waals surface area contributed by atoms with E-state index in [9.17, 15) is 9.90 Å². The maximum Gasteiger partial charge on any atom is 0.311 e. The summed E-state index contributed by atoms with van der Waals surface area (Å²) >= 11 is 13.4. The molecule has 0 aliphatic heterocycles. The van der Waals surface area contributed by atoms with Crippen molar-refractivity contribution in [3.8, 4) is 0 Å². The lowest BCUT2D eigenvalue weighted by Crippen LogP contribution is -2.36. The Kier molecular flexibility index (Phi) is 6.16. The number of hydrogen-bond acceptors (Lipinski definition) is 1. The van der Waals surface area contributed by atoms with E-state index in [0.717, 1.165) is 14.5 Å². The molecular weight excluding hydrogens is 484 g/mol. The molecule has 0 unspecified atom stereocenters. The first-order valence-corrected chi connectivity index (χ1v) is 8.57. The number of carboxylic acids is 1. The lowest BCUT2D eigenvalue weighted by atomic mass is 9.86. The molecule has 0 aliphatic rings. The van der Waals surface area contributed by atoms with Crippen molar-refractivity contribution in [1.29, 1.82) is 0 Å². The van der Waals surface area contributed by atoms with Crippen LogP contribution in [0.5, 0.6) is 0 Å². The van der Waals surface area contributed by atoms with Crippen molar-refractivity contribution < 1.29 is 9.90 Å². The number of rotatable bonds is 5. The molecule has 1 aromatic rings. The van der Waals surface area contributed by atoms with E-state index in [-0.39, 0.29) is 0 Å². The monoisotopic (exact) mass is 490 g/mol. The number of aliphatic carboxylic acids is 1. The van der Waals surface area contributed by atoms with Gasteiger partial charge in [0.05, 0.1) is 5.41 Å². The molecule has 17 heavy (non-hydrogen) atoms. The number of hydrogen-bond donors (Lipinski definition) is 1. The van der Waals surface area contributed by atoms with E-state index in [0.29, 0.717) is 17.1 Å². The van der Waals surface area contributed by atoms with Gasteiger partial charge in [0.1, 0.15) is 0 Å². The lowest BCUT2D eigenvalue weighted by molar-refractivity contribution is -0.146. The van der Waals surface area contributed by atoms with Gasteiger partial charge < -0.3 is 5.11 Å². The molecule has 2 nitrogen and oxygen atoms in total. The predicted octanol–water partition coefficient (Wildman–Crippen LogP) is 4.61. The van der Waals surface area contributed by atoms with Crippen molar-refractivity contribution in [3.05, 3.63) is 32.7 Å². The Bertz CT molecular complexity index is 416. The highest BCUT2D eigenvalue weighted by Gasteiger charge is 2.36. The Hall–Kier alpha value is 0.610. The molecule has 1 aromatic carbocycles. The second-order valence-electron chi connectivity index (χ2n) is 3.78. The van der Waals surface area contributed by atoms with Crippen LogP contribution in [-0.4, -0.2) is 21.7 Å². The van der Waals surface area contributed by atoms with Crippen LogP contribution in [0.25, 0.3) is 0 Å². The van der Waals surface area contributed by atoms with E-state index < -0.39 is 11.4 Å². The van der Waals surface area contributed by atoms with E-state index in [1.807, 2.05) is 18.2 Å². The fourth-order valence-electron chi connectivity index (χ4n) is 1.36. The molecule has 0 spiro atoms. The Balaban J connectivity index is 3.01. The van der Waals surface area contributed by atoms with Gasteiger partial charge in [-0.25, -0.2) is 0 Å². The van der Waals surface area contributed by atoms with Crippen LogP contribution in [0, 0.1) is 5.41 Å². The third kappa shape index (κ3) is 3.78. The van der Waals surface area contributed by atoms with Gasteiger partial charge in [-0.15, -0.1) is 0 Å². The third-order valence-electron chi connectivity index (χ3n) is 2.49. The van der Waals surface area contributed by atoms with E-state index in [1.165, 1.54) is 0 Å². The van der Waals surface area contributed by atoms with E-state index in [4.69, 9.17) is 0 Å². The normalized spacial score (nSPS) is 11.5. The zero-order valence-corrected chi connectivity index (χ0v) is 15.1. The summed E-state index contributed by atoms with van der Waals surface area (Å²) in [6, 6.07) is 5.78. The van der Waals surface area contributed by atoms with Crippen LogP contribution in [0.4, 0.5) is 0 Å². The molecule has 0 amide bonds. The van der Waals surface area contributed by atoms with Crippen molar-refractivity contribution in [2.45, 2.75) is 6.42 Å². The standard InChI is InChI=1S/C11H10Br4O2/c12-5-11(6-13,10(16)17)4-7-1-2-8(14)9(15)3-7/h1-3H,4-6H2,(H,16,17). The highest BCUT2D eigenvalue weighted by Crippen LogP contribution is 2.31. The zero-order valence-electron chi connectivity index (χ0n) is 8.72. The van der Waals surface area contributed by atoms with Gasteiger partial charge in [0, 0.05) is 19.6 Å². The van der Waals surface area contributed by atoms with Gasteiger partial charge in [-0.2, -0.15) is 0 Å². The number of halogens is 4. The van der Waals surface area contributed by atoms with E-state index in [2.05, 4.69) is 63.7 Å². The summed E-state index contributed by atoms with van der Waals surface area (Å²) < 4.78 is 1.89. The molecule has 0 heterocycles. The minimum absolute atomic E-state index is 0.411. The Labute approximate surface area is 134 Å². The summed E-state index contributed by atoms with van der Waals surface area (Å²) in [5.74, 6) is -0.801. The predicted molar refractivity (Wildman–Crippen MR) is 83.2 cm³/mol. The molecular formula is C11H10Br4O2. The van der Waals surface area contributed by atoms with Crippen LogP contribution in [-0.2, 0) is 11.2 Å². The summed E-state index contributed by atoms with van der Waals surface area (Å²) in [6.07, 6.45) is 0.477. The molecule has 0 aromatic heterocycles. The van der Waals surface area contributed by atoms with Crippen LogP contribution in [0.1, 0.15) is 5.56 Å². The fourth-order valence-corrected chi connectivity index (χ4v) is 3.84. The average molecular weight is 494 g/mol. The maximum atomic E-state index is 11.4. The highest BCUT2D eigenvalue weighted by molar-refractivity contribution is 9.13. The smallest absolute Gasteiger partial charge is 0.311 e. The maximum absolute atomic E-state index is 11.4. The molecule has 6 heteroatoms. The summed E-state index contributed by atoms with van der Waals surface area (Å²) in [4.78, 5) is 11.4. The van der Waals surface area contributed by atoms with E-state index in [1.54, 1.807) is 0 Å². The van der Waals surface area contributed by atoms with Gasteiger partial charge in [0.2, 0.25) is 0 Å². The molecule has 0 fully saturated rings. The van der Waals surface area contributed by atoms with Gasteiger partial charge >= 0.3 is 5.97 Å². The van der Waals surface area contributed by atoms with Gasteiger partial charge in [-0.3, -0.25) is 4.79 Å². The first-order valence-electron chi connectivity index (χ1n) is 4.74. The highest BCUT2D eigenvalue weighted by atomic mass is 79.9. The number of alkyl halides is 2. The van der Waals surface area contributed by atoms with Gasteiger partial charge in [-0.05, 0) is 56.0 Å². The summed E-state index contributed by atoms with van der Waals surface area (Å²) in [5, 5.41) is 10.1. The molecule has 0 radical (unpaired) electrons. The SMILES string of the molecule is O=C(O)C(CBr)(CBr)Cc1ccc(Br)c(Br)c1. The van der Waals surface area contributed by atoms with Crippen molar-refractivity contribution in [2.24, 2.45) is 5.41 Å². The fraction of sp³-hybridized carbons (Fsp3) is 0.364. The Morgan fingerprint density at radius 1 is 1.18 bits per heavy atom. The molecule has 0 atom stereocenters. The second-order valence-corrected chi connectivity index (χ2v) is 6.61. The molecule has 0 bridgehead atoms. The number of carboxylic acid groups (broad SMARTS) is 1. The van der Waals surface area contributed by atoms with Crippen molar-refractivity contribution >= 4 is 69.7 Å². The van der Waals surface area contributed by atoms with Crippen molar-refractivity contribution in [1.82, 2.24) is 0 Å². The average Bonchev–Trinajstić information content (AvgIpc) is 2.30. The molecule has 0 saturated heterocycles. The largest absolute Gasteiger partial charge is 0.481 e. The van der Waals surface area contributed by atoms with Crippen LogP contribution < -0.4 is 0 Å². The van der Waals surface area contributed by atoms with Crippen LogP contribution in [0.15, 0.2) is 27.1 Å². The van der Waals surface area contributed by atoms with Gasteiger partial charge in [-0.1, -0.05) is 37.9 Å². The Morgan fingerprint density at radius 3 is 2.18 bits per heavy atom. The first-order chi connectivity index (χ1) is 7.95. The molecule has 0 saturated carbocycles. The van der Waals surface area contributed by atoms with Crippen LogP contribution in [0.2, 0.25) is 0 Å². The topological polar surface area (TPSA) is 37.3 Å². The molecule has 1 rings (SSSR count). The minimum Gasteiger partial charge on any atom is -0.481 e. The van der Waals surface area contributed by atoms with Gasteiger partial charge in [0.15, 0.2) is 0 Å². The zero-order chi connectivity index (χ0) is 13.1. The minimum atomic E-state index is -0.812. The molecule has 94 valence electrons. The first kappa shape index (κ1) is 15.7. The summed E-state index contributed by atoms with van der Waals surface area (Å²) in [5.41, 5.74) is 0.175. The van der Waals surface area contributed by atoms with Crippen molar-refractivity contribution in [2.75, 3.05) is 10.7 Å². The van der Waals surface area contributed by atoms with Crippen LogP contribution >= 0.6 is 63.7 Å². The van der Waals surface area contributed by atoms with Crippen LogP contribution in [0.3, 0.4) is 0 Å². The van der Waals surface area contributed by atoms with E-state index >= 15 is 0 Å². The quantitative estimate of drug-likeness (QED) is 0.608. The second kappa shape index (κ2) is 6.68. The van der Waals surface area contributed by atoms with Gasteiger partial charge in [0.25, 0.3) is 0 Å². The summed E-state index contributed by atoms with van der Waals surface area (Å²) in [7, 11) is 0. The van der Waals surface area contributed by atoms with Crippen molar-refractivity contribution in [3.63, 3.8) is 0 Å². The number of carbonyl (C=O) groups is 1. The Morgan fingerprint density at radius 2 is 1.76 bits per heavy atom. The lowest BCUT2D eigenvalue weighted by Gasteiger charge is -2.25. The molecule has 1 N–H and O–H groups in total. The third-order valence-corrected chi connectivity index (χ3v) is 6.52. The summed E-state index contributed by atoms with van der Waals surface area (Å²) in [6.45, 7) is 0.